The van der Waals surface area contributed by atoms with Crippen LogP contribution < -0.4 is 0 Å². The summed E-state index contributed by atoms with van der Waals surface area (Å²) in [5.41, 5.74) is 0. The second kappa shape index (κ2) is 2.85. The van der Waals surface area contributed by atoms with E-state index >= 15 is 0 Å². The summed E-state index contributed by atoms with van der Waals surface area (Å²) in [6, 6.07) is 5.35. The number of benzene rings is 1. The molecule has 0 aliphatic heterocycles. The fraction of sp³-hybridized carbons (Fsp3) is 0. The molecule has 12 heavy (non-hydrogen) atoms. The summed E-state index contributed by atoms with van der Waals surface area (Å²) in [4.78, 5) is 0. The predicted octanol–water partition coefficient (Wildman–Crippen LogP) is 3.35. The predicted molar refractivity (Wildman–Crippen MR) is 56.2 cm³/mol. The average Bonchev–Trinajstić information content (AvgIpc) is 2.28. The molecule has 0 saturated heterocycles. The zero-order valence-electron chi connectivity index (χ0n) is 5.84. The number of aromatic hydroxyl groups is 1. The van der Waals surface area contributed by atoms with Crippen LogP contribution in [0.4, 0.5) is 4.39 Å². The van der Waals surface area contributed by atoms with Gasteiger partial charge in [0.25, 0.3) is 0 Å². The van der Waals surface area contributed by atoms with E-state index in [2.05, 4.69) is 22.6 Å². The SMILES string of the molecule is Oc1sc2cc(I)ccc2c1F. The highest BCUT2D eigenvalue weighted by Crippen LogP contribution is 2.35. The lowest BCUT2D eigenvalue weighted by molar-refractivity contribution is 0.452. The molecule has 0 atom stereocenters. The molecule has 1 N–H and O–H groups in total. The normalized spacial score (nSPS) is 10.8. The van der Waals surface area contributed by atoms with Gasteiger partial charge >= 0.3 is 0 Å². The zero-order chi connectivity index (χ0) is 8.72. The van der Waals surface area contributed by atoms with Crippen LogP contribution in [-0.4, -0.2) is 5.11 Å². The molecule has 0 radical (unpaired) electrons. The molecule has 0 spiro atoms. The van der Waals surface area contributed by atoms with Crippen LogP contribution in [0.2, 0.25) is 0 Å². The second-order valence-electron chi connectivity index (χ2n) is 2.36. The van der Waals surface area contributed by atoms with Gasteiger partial charge in [-0.2, -0.15) is 0 Å². The van der Waals surface area contributed by atoms with Crippen molar-refractivity contribution >= 4 is 44.0 Å². The van der Waals surface area contributed by atoms with Gasteiger partial charge in [0.2, 0.25) is 5.06 Å². The lowest BCUT2D eigenvalue weighted by atomic mass is 10.2. The summed E-state index contributed by atoms with van der Waals surface area (Å²) < 4.78 is 14.9. The van der Waals surface area contributed by atoms with Crippen molar-refractivity contribution in [1.29, 1.82) is 0 Å². The third-order valence-electron chi connectivity index (χ3n) is 1.57. The summed E-state index contributed by atoms with van der Waals surface area (Å²) in [5, 5.41) is 9.34. The molecule has 0 amide bonds. The van der Waals surface area contributed by atoms with Crippen molar-refractivity contribution < 1.29 is 9.50 Å². The number of hydrogen-bond acceptors (Lipinski definition) is 2. The fourth-order valence-corrected chi connectivity index (χ4v) is 2.59. The maximum absolute atomic E-state index is 13.0. The van der Waals surface area contributed by atoms with Crippen LogP contribution in [0.15, 0.2) is 18.2 Å². The number of thiophene rings is 1. The third-order valence-corrected chi connectivity index (χ3v) is 3.18. The number of fused-ring (bicyclic) bond motifs is 1. The summed E-state index contributed by atoms with van der Waals surface area (Å²) >= 11 is 3.22. The maximum Gasteiger partial charge on any atom is 0.209 e. The first-order chi connectivity index (χ1) is 5.68. The molecule has 1 heterocycles. The van der Waals surface area contributed by atoms with Crippen LogP contribution in [0.5, 0.6) is 5.06 Å². The van der Waals surface area contributed by atoms with Crippen molar-refractivity contribution in [3.8, 4) is 5.06 Å². The van der Waals surface area contributed by atoms with Gasteiger partial charge in [0.05, 0.1) is 0 Å². The standard InChI is InChI=1S/C8H4FIOS/c9-7-5-2-1-4(10)3-6(5)12-8(7)11/h1-3,11H. The van der Waals surface area contributed by atoms with Gasteiger partial charge in [-0.05, 0) is 40.8 Å². The second-order valence-corrected chi connectivity index (χ2v) is 4.64. The third kappa shape index (κ3) is 1.19. The first-order valence-corrected chi connectivity index (χ1v) is 5.14. The van der Waals surface area contributed by atoms with Crippen LogP contribution in [0, 0.1) is 9.39 Å². The average molecular weight is 294 g/mol. The molecule has 0 aliphatic rings. The first kappa shape index (κ1) is 8.25. The maximum atomic E-state index is 13.0. The van der Waals surface area contributed by atoms with E-state index in [0.29, 0.717) is 5.39 Å². The lowest BCUT2D eigenvalue weighted by Gasteiger charge is -1.89. The molecule has 62 valence electrons. The van der Waals surface area contributed by atoms with E-state index in [1.54, 1.807) is 6.07 Å². The molecule has 0 unspecified atom stereocenters. The Morgan fingerprint density at radius 2 is 2.17 bits per heavy atom. The number of halogens is 2. The van der Waals surface area contributed by atoms with Gasteiger partial charge in [0.15, 0.2) is 5.82 Å². The van der Waals surface area contributed by atoms with Crippen LogP contribution in [0.25, 0.3) is 10.1 Å². The van der Waals surface area contributed by atoms with E-state index in [1.165, 1.54) is 0 Å². The Morgan fingerprint density at radius 3 is 2.92 bits per heavy atom. The molecule has 1 aromatic heterocycles. The minimum atomic E-state index is -0.508. The molecule has 0 bridgehead atoms. The largest absolute Gasteiger partial charge is 0.497 e. The van der Waals surface area contributed by atoms with E-state index in [-0.39, 0.29) is 5.06 Å². The molecule has 0 fully saturated rings. The molecule has 0 saturated carbocycles. The molecular weight excluding hydrogens is 290 g/mol. The van der Waals surface area contributed by atoms with Gasteiger partial charge in [-0.1, -0.05) is 11.3 Å². The Bertz CT molecular complexity index is 438. The Labute approximate surface area is 86.0 Å². The van der Waals surface area contributed by atoms with Gasteiger partial charge < -0.3 is 5.11 Å². The molecule has 1 nitrogen and oxygen atoms in total. The highest BCUT2D eigenvalue weighted by molar-refractivity contribution is 14.1. The minimum Gasteiger partial charge on any atom is -0.497 e. The van der Waals surface area contributed by atoms with E-state index in [9.17, 15) is 4.39 Å². The number of rotatable bonds is 0. The van der Waals surface area contributed by atoms with E-state index < -0.39 is 5.82 Å². The summed E-state index contributed by atoms with van der Waals surface area (Å²) in [5.74, 6) is -0.508. The van der Waals surface area contributed by atoms with Crippen molar-refractivity contribution in [3.05, 3.63) is 27.6 Å². The molecule has 0 aliphatic carbocycles. The Balaban J connectivity index is 2.87. The van der Waals surface area contributed by atoms with Crippen molar-refractivity contribution in [3.63, 3.8) is 0 Å². The monoisotopic (exact) mass is 294 g/mol. The summed E-state index contributed by atoms with van der Waals surface area (Å²) in [6.07, 6.45) is 0. The van der Waals surface area contributed by atoms with Crippen molar-refractivity contribution in [2.45, 2.75) is 0 Å². The van der Waals surface area contributed by atoms with Gasteiger partial charge in [-0.15, -0.1) is 0 Å². The van der Waals surface area contributed by atoms with Crippen molar-refractivity contribution in [2.24, 2.45) is 0 Å². The van der Waals surface area contributed by atoms with E-state index in [0.717, 1.165) is 19.6 Å². The van der Waals surface area contributed by atoms with Crippen LogP contribution in [-0.2, 0) is 0 Å². The molecule has 2 rings (SSSR count). The smallest absolute Gasteiger partial charge is 0.209 e. The molecular formula is C8H4FIOS. The zero-order valence-corrected chi connectivity index (χ0v) is 8.82. The summed E-state index contributed by atoms with van der Waals surface area (Å²) in [6.45, 7) is 0. The van der Waals surface area contributed by atoms with Crippen molar-refractivity contribution in [2.75, 3.05) is 0 Å². The van der Waals surface area contributed by atoms with Gasteiger partial charge in [0.1, 0.15) is 0 Å². The van der Waals surface area contributed by atoms with Gasteiger partial charge in [-0.3, -0.25) is 0 Å². The van der Waals surface area contributed by atoms with Crippen LogP contribution in [0.1, 0.15) is 0 Å². The topological polar surface area (TPSA) is 20.2 Å². The lowest BCUT2D eigenvalue weighted by Crippen LogP contribution is -1.70. The minimum absolute atomic E-state index is 0.230. The van der Waals surface area contributed by atoms with Gasteiger partial charge in [0, 0.05) is 13.7 Å². The van der Waals surface area contributed by atoms with Crippen LogP contribution in [0.3, 0.4) is 0 Å². The molecule has 1 aromatic carbocycles. The van der Waals surface area contributed by atoms with Gasteiger partial charge in [-0.25, -0.2) is 4.39 Å². The first-order valence-electron chi connectivity index (χ1n) is 3.25. The quantitative estimate of drug-likeness (QED) is 0.739. The number of hydrogen-bond donors (Lipinski definition) is 1. The van der Waals surface area contributed by atoms with Crippen molar-refractivity contribution in [1.82, 2.24) is 0 Å². The highest BCUT2D eigenvalue weighted by Gasteiger charge is 2.09. The van der Waals surface area contributed by atoms with E-state index in [1.807, 2.05) is 12.1 Å². The highest BCUT2D eigenvalue weighted by atomic mass is 127. The Hall–Kier alpha value is -0.360. The summed E-state index contributed by atoms with van der Waals surface area (Å²) in [7, 11) is 0. The Kier molecular flexibility index (Phi) is 1.96. The molecule has 4 heteroatoms. The van der Waals surface area contributed by atoms with E-state index in [4.69, 9.17) is 5.11 Å². The molecule has 2 aromatic rings. The van der Waals surface area contributed by atoms with Crippen LogP contribution >= 0.6 is 33.9 Å². The Morgan fingerprint density at radius 1 is 1.42 bits per heavy atom. The fourth-order valence-electron chi connectivity index (χ4n) is 1.03.